The Balaban J connectivity index is 2.09. The highest BCUT2D eigenvalue weighted by Crippen LogP contribution is 2.31. The fourth-order valence-corrected chi connectivity index (χ4v) is 2.27. The zero-order chi connectivity index (χ0) is 17.2. The number of carbonyl (C=O) groups excluding carboxylic acids is 3. The Morgan fingerprint density at radius 2 is 2.20 bits per heavy atom. The van der Waals surface area contributed by atoms with E-state index in [9.17, 15) is 18.8 Å². The molecule has 2 heterocycles. The summed E-state index contributed by atoms with van der Waals surface area (Å²) in [6.07, 6.45) is -3.34. The molecule has 2 aliphatic rings. The molecule has 1 atom stereocenters. The first-order chi connectivity index (χ1) is 10.6. The van der Waals surface area contributed by atoms with Crippen molar-refractivity contribution in [1.29, 1.82) is 0 Å². The van der Waals surface area contributed by atoms with Gasteiger partial charge in [-0.1, -0.05) is 0 Å². The number of hydrogen-bond acceptors (Lipinski definition) is 4. The van der Waals surface area contributed by atoms with Crippen LogP contribution in [0.25, 0.3) is 0 Å². The van der Waals surface area contributed by atoms with Gasteiger partial charge in [0.15, 0.2) is 0 Å². The first kappa shape index (κ1) is 9.46. The SMILES string of the molecule is [2H]C1([2H])CC(=O)NC(=O)[C@]1([2H])N1Cc2c(N)cc(F)cc2C1=O. The lowest BCUT2D eigenvalue weighted by Crippen LogP contribution is -2.52. The smallest absolute Gasteiger partial charge is 0.255 e. The Kier molecular flexibility index (Phi) is 2.03. The lowest BCUT2D eigenvalue weighted by molar-refractivity contribution is -0.136. The Bertz CT molecular complexity index is 770. The summed E-state index contributed by atoms with van der Waals surface area (Å²) >= 11 is 0. The van der Waals surface area contributed by atoms with Crippen molar-refractivity contribution in [3.63, 3.8) is 0 Å². The van der Waals surface area contributed by atoms with E-state index in [0.29, 0.717) is 4.90 Å². The molecule has 1 saturated heterocycles. The maximum Gasteiger partial charge on any atom is 0.255 e. The minimum Gasteiger partial charge on any atom is -0.398 e. The van der Waals surface area contributed by atoms with Gasteiger partial charge < -0.3 is 10.6 Å². The van der Waals surface area contributed by atoms with Crippen LogP contribution in [0.5, 0.6) is 0 Å². The first-order valence-electron chi connectivity index (χ1n) is 7.32. The summed E-state index contributed by atoms with van der Waals surface area (Å²) in [5.41, 5.74) is 5.75. The number of anilines is 1. The minimum absolute atomic E-state index is 0.0210. The largest absolute Gasteiger partial charge is 0.398 e. The zero-order valence-electron chi connectivity index (χ0n) is 13.2. The number of piperidine rings is 1. The van der Waals surface area contributed by atoms with Crippen molar-refractivity contribution < 1.29 is 22.9 Å². The third-order valence-corrected chi connectivity index (χ3v) is 3.20. The first-order valence-corrected chi connectivity index (χ1v) is 5.82. The average molecular weight is 280 g/mol. The molecule has 0 aliphatic carbocycles. The number of halogens is 1. The second kappa shape index (κ2) is 4.29. The number of nitrogens with one attached hydrogen (secondary N) is 1. The predicted octanol–water partition coefficient (Wildman–Crippen LogP) is 0.169. The molecule has 0 spiro atoms. The molecular formula is C13H12FN3O3. The van der Waals surface area contributed by atoms with Crippen LogP contribution in [0, 0.1) is 5.82 Å². The van der Waals surface area contributed by atoms with Crippen LogP contribution in [-0.4, -0.2) is 28.6 Å². The Hall–Kier alpha value is -2.44. The van der Waals surface area contributed by atoms with Crippen LogP contribution >= 0.6 is 0 Å². The summed E-state index contributed by atoms with van der Waals surface area (Å²) in [5, 5.41) is 1.87. The maximum atomic E-state index is 13.4. The molecule has 0 aromatic heterocycles. The molecular weight excluding hydrogens is 265 g/mol. The molecule has 104 valence electrons. The van der Waals surface area contributed by atoms with E-state index in [2.05, 4.69) is 0 Å². The number of hydrogen-bond donors (Lipinski definition) is 2. The number of fused-ring (bicyclic) bond motifs is 1. The number of nitrogens with two attached hydrogens (primary N) is 1. The van der Waals surface area contributed by atoms with Crippen molar-refractivity contribution >= 4 is 23.4 Å². The predicted molar refractivity (Wildman–Crippen MR) is 66.9 cm³/mol. The van der Waals surface area contributed by atoms with E-state index in [1.165, 1.54) is 0 Å². The second-order valence-corrected chi connectivity index (χ2v) is 4.49. The van der Waals surface area contributed by atoms with Crippen molar-refractivity contribution in [2.75, 3.05) is 5.73 Å². The van der Waals surface area contributed by atoms with Gasteiger partial charge in [-0.15, -0.1) is 0 Å². The molecule has 0 bridgehead atoms. The quantitative estimate of drug-likeness (QED) is 0.566. The zero-order valence-corrected chi connectivity index (χ0v) is 10.2. The highest BCUT2D eigenvalue weighted by atomic mass is 19.1. The van der Waals surface area contributed by atoms with Gasteiger partial charge in [-0.25, -0.2) is 4.39 Å². The molecule has 1 fully saturated rings. The van der Waals surface area contributed by atoms with E-state index in [-0.39, 0.29) is 23.4 Å². The van der Waals surface area contributed by atoms with E-state index in [1.807, 2.05) is 5.32 Å². The third-order valence-electron chi connectivity index (χ3n) is 3.20. The van der Waals surface area contributed by atoms with Crippen molar-refractivity contribution in [1.82, 2.24) is 10.2 Å². The number of benzene rings is 1. The molecule has 3 amide bonds. The second-order valence-electron chi connectivity index (χ2n) is 4.49. The summed E-state index contributed by atoms with van der Waals surface area (Å²) in [5.74, 6) is -3.73. The van der Waals surface area contributed by atoms with Gasteiger partial charge in [-0.05, 0) is 18.5 Å². The number of rotatable bonds is 1. The molecule has 20 heavy (non-hydrogen) atoms. The van der Waals surface area contributed by atoms with Crippen LogP contribution in [0.4, 0.5) is 10.1 Å². The normalized spacial score (nSPS) is 30.4. The fourth-order valence-electron chi connectivity index (χ4n) is 2.27. The van der Waals surface area contributed by atoms with Crippen molar-refractivity contribution in [3.8, 4) is 0 Å². The van der Waals surface area contributed by atoms with Gasteiger partial charge >= 0.3 is 0 Å². The van der Waals surface area contributed by atoms with Crippen LogP contribution in [0.1, 0.15) is 32.8 Å². The molecule has 7 heteroatoms. The number of imide groups is 1. The summed E-state index contributed by atoms with van der Waals surface area (Å²) < 4.78 is 37.5. The standard InChI is InChI=1S/C13H12FN3O3/c14-6-3-7-8(9(15)4-6)5-17(13(7)20)10-1-2-11(18)16-12(10)19/h3-4,10H,1-2,5,15H2,(H,16,18,19)/t10-/m1/s1/i1D2,10D. The summed E-state index contributed by atoms with van der Waals surface area (Å²) in [6.45, 7) is -0.315. The highest BCUT2D eigenvalue weighted by Gasteiger charge is 2.39. The van der Waals surface area contributed by atoms with Gasteiger partial charge in [-0.3, -0.25) is 19.7 Å². The molecule has 2 aliphatic heterocycles. The number of nitrogens with zero attached hydrogens (tertiary/aromatic N) is 1. The molecule has 0 unspecified atom stereocenters. The van der Waals surface area contributed by atoms with Crippen molar-refractivity contribution in [2.24, 2.45) is 0 Å². The van der Waals surface area contributed by atoms with E-state index in [4.69, 9.17) is 9.85 Å². The summed E-state index contributed by atoms with van der Waals surface area (Å²) in [4.78, 5) is 36.6. The van der Waals surface area contributed by atoms with Crippen LogP contribution < -0.4 is 11.1 Å². The molecule has 0 saturated carbocycles. The molecule has 3 rings (SSSR count). The summed E-state index contributed by atoms with van der Waals surface area (Å²) in [6, 6.07) is -0.718. The molecule has 0 radical (unpaired) electrons. The van der Waals surface area contributed by atoms with Gasteiger partial charge in [0.25, 0.3) is 5.91 Å². The lowest BCUT2D eigenvalue weighted by atomic mass is 10.0. The van der Waals surface area contributed by atoms with Crippen LogP contribution in [0.2, 0.25) is 0 Å². The highest BCUT2D eigenvalue weighted by molar-refractivity contribution is 6.06. The summed E-state index contributed by atoms with van der Waals surface area (Å²) in [7, 11) is 0. The molecule has 3 N–H and O–H groups in total. The Labute approximate surface area is 117 Å². The van der Waals surface area contributed by atoms with E-state index < -0.39 is 42.4 Å². The monoisotopic (exact) mass is 280 g/mol. The average Bonchev–Trinajstić information content (AvgIpc) is 2.73. The maximum absolute atomic E-state index is 13.4. The van der Waals surface area contributed by atoms with Gasteiger partial charge in [-0.2, -0.15) is 0 Å². The van der Waals surface area contributed by atoms with Crippen LogP contribution in [-0.2, 0) is 16.1 Å². The molecule has 6 nitrogen and oxygen atoms in total. The fraction of sp³-hybridized carbons (Fsp3) is 0.308. The van der Waals surface area contributed by atoms with Crippen LogP contribution in [0.3, 0.4) is 0 Å². The number of carbonyl (C=O) groups is 3. The van der Waals surface area contributed by atoms with Gasteiger partial charge in [0.1, 0.15) is 11.8 Å². The van der Waals surface area contributed by atoms with E-state index >= 15 is 0 Å². The molecule has 1 aromatic rings. The number of nitrogen functional groups attached to an aromatic ring is 1. The third kappa shape index (κ3) is 1.82. The topological polar surface area (TPSA) is 92.5 Å². The lowest BCUT2D eigenvalue weighted by Gasteiger charge is -2.29. The minimum atomic E-state index is -2.65. The Morgan fingerprint density at radius 3 is 2.90 bits per heavy atom. The van der Waals surface area contributed by atoms with Crippen molar-refractivity contribution in [2.45, 2.75) is 25.4 Å². The van der Waals surface area contributed by atoms with E-state index in [1.54, 1.807) is 0 Å². The van der Waals surface area contributed by atoms with E-state index in [0.717, 1.165) is 12.1 Å². The van der Waals surface area contributed by atoms with Crippen molar-refractivity contribution in [3.05, 3.63) is 29.1 Å². The number of amides is 3. The van der Waals surface area contributed by atoms with Crippen LogP contribution in [0.15, 0.2) is 12.1 Å². The molecule has 1 aromatic carbocycles. The van der Waals surface area contributed by atoms with Gasteiger partial charge in [0.05, 0.1) is 1.37 Å². The van der Waals surface area contributed by atoms with Gasteiger partial charge in [0, 0.05) is 32.5 Å². The Morgan fingerprint density at radius 1 is 1.45 bits per heavy atom. The van der Waals surface area contributed by atoms with Gasteiger partial charge in [0.2, 0.25) is 11.8 Å².